The lowest BCUT2D eigenvalue weighted by Crippen LogP contribution is -2.22. The highest BCUT2D eigenvalue weighted by Crippen LogP contribution is 2.37. The van der Waals surface area contributed by atoms with Gasteiger partial charge in [0.15, 0.2) is 0 Å². The predicted molar refractivity (Wildman–Crippen MR) is 130 cm³/mol. The molecular weight excluding hydrogens is 464 g/mol. The summed E-state index contributed by atoms with van der Waals surface area (Å²) in [5.41, 5.74) is 2.65. The van der Waals surface area contributed by atoms with E-state index in [0.717, 1.165) is 30.7 Å². The molecule has 7 nitrogen and oxygen atoms in total. The fraction of sp³-hybridized carbons (Fsp3) is 0.136. The highest BCUT2D eigenvalue weighted by molar-refractivity contribution is 8.00. The zero-order valence-corrected chi connectivity index (χ0v) is 19.8. The lowest BCUT2D eigenvalue weighted by Gasteiger charge is -2.12. The van der Waals surface area contributed by atoms with Crippen LogP contribution in [0.3, 0.4) is 0 Å². The first-order chi connectivity index (χ1) is 15.4. The molecule has 0 aliphatic rings. The maximum absolute atomic E-state index is 12.5. The summed E-state index contributed by atoms with van der Waals surface area (Å²) < 4.78 is 25.5. The van der Waals surface area contributed by atoms with Gasteiger partial charge in [-0.05, 0) is 29.8 Å². The summed E-state index contributed by atoms with van der Waals surface area (Å²) in [6, 6.07) is 16.1. The summed E-state index contributed by atoms with van der Waals surface area (Å²) in [4.78, 5) is 22.3. The summed E-state index contributed by atoms with van der Waals surface area (Å²) in [7, 11) is -0.557. The standard InChI is InChI=1S/C22H20N4O3S3/c1-26(2)32(28,29)17-10-8-16(9-11-17)25-19(27)13-31-22-20-18(15-6-4-3-5-7-15)12-30-21(20)23-14-24-22/h3-12,14H,13H2,1-2H3,(H,25,27). The van der Waals surface area contributed by atoms with Crippen LogP contribution >= 0.6 is 23.1 Å². The number of carbonyl (C=O) groups is 1. The Kier molecular flexibility index (Phi) is 6.56. The van der Waals surface area contributed by atoms with E-state index in [-0.39, 0.29) is 16.6 Å². The number of carbonyl (C=O) groups excluding carboxylic acids is 1. The Morgan fingerprint density at radius 2 is 1.78 bits per heavy atom. The first kappa shape index (κ1) is 22.4. The van der Waals surface area contributed by atoms with E-state index in [9.17, 15) is 13.2 Å². The highest BCUT2D eigenvalue weighted by atomic mass is 32.2. The van der Waals surface area contributed by atoms with Crippen molar-refractivity contribution in [3.05, 3.63) is 66.3 Å². The minimum atomic E-state index is -3.51. The zero-order chi connectivity index (χ0) is 22.7. The van der Waals surface area contributed by atoms with Gasteiger partial charge in [-0.15, -0.1) is 11.3 Å². The van der Waals surface area contributed by atoms with Crippen LogP contribution in [-0.4, -0.2) is 48.4 Å². The number of hydrogen-bond donors (Lipinski definition) is 1. The second-order valence-corrected chi connectivity index (χ2v) is 11.0. The maximum Gasteiger partial charge on any atom is 0.242 e. The second-order valence-electron chi connectivity index (χ2n) is 7.02. The van der Waals surface area contributed by atoms with Crippen molar-refractivity contribution in [2.75, 3.05) is 25.2 Å². The van der Waals surface area contributed by atoms with Crippen LogP contribution in [0.1, 0.15) is 0 Å². The lowest BCUT2D eigenvalue weighted by molar-refractivity contribution is -0.113. The Balaban J connectivity index is 1.47. The largest absolute Gasteiger partial charge is 0.325 e. The molecule has 4 rings (SSSR count). The van der Waals surface area contributed by atoms with Gasteiger partial charge in [0.2, 0.25) is 15.9 Å². The summed E-state index contributed by atoms with van der Waals surface area (Å²) in [6.45, 7) is 0. The van der Waals surface area contributed by atoms with Gasteiger partial charge in [0.25, 0.3) is 0 Å². The van der Waals surface area contributed by atoms with Crippen molar-refractivity contribution >= 4 is 54.9 Å². The fourth-order valence-electron chi connectivity index (χ4n) is 3.04. The minimum Gasteiger partial charge on any atom is -0.325 e. The molecule has 2 heterocycles. The molecular formula is C22H20N4O3S3. The molecule has 10 heteroatoms. The van der Waals surface area contributed by atoms with Gasteiger partial charge >= 0.3 is 0 Å². The van der Waals surface area contributed by atoms with Crippen LogP contribution < -0.4 is 5.32 Å². The molecule has 164 valence electrons. The average Bonchev–Trinajstić information content (AvgIpc) is 3.23. The first-order valence-corrected chi connectivity index (χ1v) is 12.9. The number of rotatable bonds is 7. The summed E-state index contributed by atoms with van der Waals surface area (Å²) >= 11 is 2.89. The zero-order valence-electron chi connectivity index (χ0n) is 17.3. The van der Waals surface area contributed by atoms with Crippen molar-refractivity contribution < 1.29 is 13.2 Å². The van der Waals surface area contributed by atoms with Crippen molar-refractivity contribution in [1.82, 2.24) is 14.3 Å². The number of thioether (sulfide) groups is 1. The van der Waals surface area contributed by atoms with Gasteiger partial charge < -0.3 is 5.32 Å². The number of thiophene rings is 1. The number of fused-ring (bicyclic) bond motifs is 1. The maximum atomic E-state index is 12.5. The van der Waals surface area contributed by atoms with Crippen molar-refractivity contribution in [2.45, 2.75) is 9.92 Å². The van der Waals surface area contributed by atoms with E-state index in [1.54, 1.807) is 23.5 Å². The number of sulfonamides is 1. The Morgan fingerprint density at radius 3 is 2.47 bits per heavy atom. The van der Waals surface area contributed by atoms with Crippen LogP contribution in [0.5, 0.6) is 0 Å². The van der Waals surface area contributed by atoms with E-state index < -0.39 is 10.0 Å². The van der Waals surface area contributed by atoms with E-state index in [1.165, 1.54) is 44.3 Å². The smallest absolute Gasteiger partial charge is 0.242 e. The summed E-state index contributed by atoms with van der Waals surface area (Å²) in [5.74, 6) is -0.0463. The molecule has 0 bridgehead atoms. The van der Waals surface area contributed by atoms with Gasteiger partial charge in [0.05, 0.1) is 16.0 Å². The van der Waals surface area contributed by atoms with Crippen LogP contribution in [0, 0.1) is 0 Å². The van der Waals surface area contributed by atoms with Crippen molar-refractivity contribution in [1.29, 1.82) is 0 Å². The normalized spacial score (nSPS) is 11.7. The molecule has 32 heavy (non-hydrogen) atoms. The molecule has 2 aromatic carbocycles. The van der Waals surface area contributed by atoms with Gasteiger partial charge in [-0.25, -0.2) is 22.7 Å². The molecule has 0 radical (unpaired) electrons. The molecule has 0 aliphatic carbocycles. The Hall–Kier alpha value is -2.79. The summed E-state index contributed by atoms with van der Waals surface area (Å²) in [6.07, 6.45) is 1.51. The van der Waals surface area contributed by atoms with Crippen molar-refractivity contribution in [2.24, 2.45) is 0 Å². The number of aromatic nitrogens is 2. The van der Waals surface area contributed by atoms with Crippen LogP contribution in [0.2, 0.25) is 0 Å². The third-order valence-electron chi connectivity index (χ3n) is 4.68. The van der Waals surface area contributed by atoms with E-state index in [0.29, 0.717) is 5.69 Å². The first-order valence-electron chi connectivity index (χ1n) is 9.59. The molecule has 0 unspecified atom stereocenters. The number of benzene rings is 2. The van der Waals surface area contributed by atoms with E-state index in [4.69, 9.17) is 0 Å². The van der Waals surface area contributed by atoms with Crippen molar-refractivity contribution in [3.63, 3.8) is 0 Å². The van der Waals surface area contributed by atoms with Crippen LogP contribution in [0.15, 0.2) is 76.2 Å². The quantitative estimate of drug-likeness (QED) is 0.310. The number of amides is 1. The van der Waals surface area contributed by atoms with Crippen LogP contribution in [0.25, 0.3) is 21.3 Å². The number of nitrogens with one attached hydrogen (secondary N) is 1. The number of hydrogen-bond acceptors (Lipinski definition) is 7. The molecule has 0 spiro atoms. The fourth-order valence-corrected chi connectivity index (χ4v) is 5.73. The molecule has 0 saturated heterocycles. The predicted octanol–water partition coefficient (Wildman–Crippen LogP) is 4.34. The van der Waals surface area contributed by atoms with E-state index in [2.05, 4.69) is 20.7 Å². The SMILES string of the molecule is CN(C)S(=O)(=O)c1ccc(NC(=O)CSc2ncnc3scc(-c4ccccc4)c23)cc1. The molecule has 0 saturated carbocycles. The molecule has 1 amide bonds. The third-order valence-corrected chi connectivity index (χ3v) is 8.38. The molecule has 2 aromatic heterocycles. The monoisotopic (exact) mass is 484 g/mol. The molecule has 4 aromatic rings. The molecule has 0 atom stereocenters. The van der Waals surface area contributed by atoms with Gasteiger partial charge in [-0.3, -0.25) is 4.79 Å². The molecule has 0 aliphatic heterocycles. The van der Waals surface area contributed by atoms with Gasteiger partial charge in [0.1, 0.15) is 16.2 Å². The Labute approximate surface area is 194 Å². The van der Waals surface area contributed by atoms with Crippen LogP contribution in [0.4, 0.5) is 5.69 Å². The Morgan fingerprint density at radius 1 is 1.06 bits per heavy atom. The van der Waals surface area contributed by atoms with E-state index >= 15 is 0 Å². The second kappa shape index (κ2) is 9.37. The third kappa shape index (κ3) is 4.68. The highest BCUT2D eigenvalue weighted by Gasteiger charge is 2.17. The minimum absolute atomic E-state index is 0.161. The number of anilines is 1. The molecule has 1 N–H and O–H groups in total. The summed E-state index contributed by atoms with van der Waals surface area (Å²) in [5, 5.41) is 6.55. The Bertz CT molecular complexity index is 1350. The van der Waals surface area contributed by atoms with Gasteiger partial charge in [-0.1, -0.05) is 42.1 Å². The average molecular weight is 485 g/mol. The van der Waals surface area contributed by atoms with Gasteiger partial charge in [0, 0.05) is 30.7 Å². The topological polar surface area (TPSA) is 92.3 Å². The number of nitrogens with zero attached hydrogens (tertiary/aromatic N) is 3. The lowest BCUT2D eigenvalue weighted by atomic mass is 10.1. The van der Waals surface area contributed by atoms with E-state index in [1.807, 2.05) is 30.3 Å². The van der Waals surface area contributed by atoms with Crippen LogP contribution in [-0.2, 0) is 14.8 Å². The molecule has 0 fully saturated rings. The van der Waals surface area contributed by atoms with Gasteiger partial charge in [-0.2, -0.15) is 0 Å². The van der Waals surface area contributed by atoms with Crippen molar-refractivity contribution in [3.8, 4) is 11.1 Å².